The summed E-state index contributed by atoms with van der Waals surface area (Å²) >= 11 is 5.77. The number of amides is 1. The van der Waals surface area contributed by atoms with Gasteiger partial charge in [0.1, 0.15) is 5.75 Å². The molecular weight excluding hydrogens is 264 g/mol. The molecule has 0 spiro atoms. The van der Waals surface area contributed by atoms with E-state index in [1.54, 1.807) is 12.1 Å². The lowest BCUT2D eigenvalue weighted by Gasteiger charge is -2.20. The number of benzene rings is 2. The standard InChI is InChI=1S/C14H13ClN2O2/c1-17(11-5-3-2-4-6-11)16-14(19)10-7-8-13(18)12(15)9-10/h2-9,18H,1H3,(H,16,19). The number of anilines is 1. The van der Waals surface area contributed by atoms with Crippen LogP contribution in [0.2, 0.25) is 5.02 Å². The molecule has 19 heavy (non-hydrogen) atoms. The lowest BCUT2D eigenvalue weighted by atomic mass is 10.2. The molecule has 0 saturated heterocycles. The Morgan fingerprint density at radius 1 is 1.21 bits per heavy atom. The molecule has 1 amide bonds. The second-order valence-electron chi connectivity index (χ2n) is 4.00. The molecular formula is C14H13ClN2O2. The Morgan fingerprint density at radius 3 is 2.53 bits per heavy atom. The maximum absolute atomic E-state index is 12.0. The molecule has 0 aliphatic rings. The number of aromatic hydroxyl groups is 1. The number of carbonyl (C=O) groups is 1. The van der Waals surface area contributed by atoms with E-state index in [0.29, 0.717) is 5.56 Å². The van der Waals surface area contributed by atoms with Crippen molar-refractivity contribution in [3.8, 4) is 5.75 Å². The first-order chi connectivity index (χ1) is 9.08. The fourth-order valence-corrected chi connectivity index (χ4v) is 1.76. The molecule has 0 saturated carbocycles. The summed E-state index contributed by atoms with van der Waals surface area (Å²) in [4.78, 5) is 12.0. The van der Waals surface area contributed by atoms with Crippen LogP contribution < -0.4 is 10.4 Å². The Morgan fingerprint density at radius 2 is 1.89 bits per heavy atom. The minimum absolute atomic E-state index is 0.0466. The van der Waals surface area contributed by atoms with E-state index in [0.717, 1.165) is 5.69 Å². The summed E-state index contributed by atoms with van der Waals surface area (Å²) in [5, 5.41) is 11.1. The number of hydrogen-bond acceptors (Lipinski definition) is 3. The number of nitrogens with zero attached hydrogens (tertiary/aromatic N) is 1. The summed E-state index contributed by atoms with van der Waals surface area (Å²) in [6, 6.07) is 13.7. The molecule has 98 valence electrons. The van der Waals surface area contributed by atoms with Crippen molar-refractivity contribution in [2.45, 2.75) is 0 Å². The summed E-state index contributed by atoms with van der Waals surface area (Å²) in [5.74, 6) is -0.345. The average molecular weight is 277 g/mol. The average Bonchev–Trinajstić information content (AvgIpc) is 2.42. The first-order valence-electron chi connectivity index (χ1n) is 5.66. The third-order valence-electron chi connectivity index (χ3n) is 2.62. The van der Waals surface area contributed by atoms with E-state index >= 15 is 0 Å². The predicted molar refractivity (Wildman–Crippen MR) is 75.4 cm³/mol. The summed E-state index contributed by atoms with van der Waals surface area (Å²) < 4.78 is 0. The van der Waals surface area contributed by atoms with Crippen molar-refractivity contribution in [3.05, 3.63) is 59.1 Å². The van der Waals surface area contributed by atoms with Crippen molar-refractivity contribution in [1.29, 1.82) is 0 Å². The highest BCUT2D eigenvalue weighted by Crippen LogP contribution is 2.23. The number of phenolic OH excluding ortho intramolecular Hbond substituents is 1. The summed E-state index contributed by atoms with van der Waals surface area (Å²) in [6.45, 7) is 0. The zero-order chi connectivity index (χ0) is 13.8. The van der Waals surface area contributed by atoms with Gasteiger partial charge in [0.05, 0.1) is 10.7 Å². The van der Waals surface area contributed by atoms with Gasteiger partial charge >= 0.3 is 0 Å². The number of hydrazine groups is 1. The Balaban J connectivity index is 2.11. The fraction of sp³-hybridized carbons (Fsp3) is 0.0714. The van der Waals surface area contributed by atoms with Crippen molar-refractivity contribution in [2.75, 3.05) is 12.1 Å². The van der Waals surface area contributed by atoms with Gasteiger partial charge in [-0.2, -0.15) is 0 Å². The second-order valence-corrected chi connectivity index (χ2v) is 4.41. The largest absolute Gasteiger partial charge is 0.506 e. The van der Waals surface area contributed by atoms with Gasteiger partial charge in [-0.15, -0.1) is 0 Å². The van der Waals surface area contributed by atoms with Gasteiger partial charge < -0.3 is 5.11 Å². The molecule has 0 heterocycles. The van der Waals surface area contributed by atoms with Crippen molar-refractivity contribution in [1.82, 2.24) is 5.43 Å². The summed E-state index contributed by atoms with van der Waals surface area (Å²) in [7, 11) is 1.75. The van der Waals surface area contributed by atoms with E-state index in [1.807, 2.05) is 30.3 Å². The molecule has 0 fully saturated rings. The first kappa shape index (κ1) is 13.2. The van der Waals surface area contributed by atoms with Crippen molar-refractivity contribution >= 4 is 23.2 Å². The van der Waals surface area contributed by atoms with Gasteiger partial charge in [0.2, 0.25) is 0 Å². The monoisotopic (exact) mass is 276 g/mol. The SMILES string of the molecule is CN(NC(=O)c1ccc(O)c(Cl)c1)c1ccccc1. The van der Waals surface area contributed by atoms with Crippen LogP contribution in [-0.4, -0.2) is 18.1 Å². The van der Waals surface area contributed by atoms with Crippen LogP contribution in [0.15, 0.2) is 48.5 Å². The topological polar surface area (TPSA) is 52.6 Å². The summed E-state index contributed by atoms with van der Waals surface area (Å²) in [5.41, 5.74) is 3.96. The number of nitrogens with one attached hydrogen (secondary N) is 1. The Kier molecular flexibility index (Phi) is 3.92. The van der Waals surface area contributed by atoms with E-state index in [4.69, 9.17) is 11.6 Å². The van der Waals surface area contributed by atoms with Crippen molar-refractivity contribution in [2.24, 2.45) is 0 Å². The van der Waals surface area contributed by atoms with Crippen LogP contribution in [0.4, 0.5) is 5.69 Å². The molecule has 0 aromatic heterocycles. The molecule has 0 aliphatic heterocycles. The number of carbonyl (C=O) groups excluding carboxylic acids is 1. The van der Waals surface area contributed by atoms with Crippen LogP contribution in [0.3, 0.4) is 0 Å². The van der Waals surface area contributed by atoms with Crippen LogP contribution in [0.5, 0.6) is 5.75 Å². The van der Waals surface area contributed by atoms with Gasteiger partial charge in [0.25, 0.3) is 5.91 Å². The number of rotatable bonds is 3. The molecule has 0 radical (unpaired) electrons. The molecule has 4 nitrogen and oxygen atoms in total. The highest BCUT2D eigenvalue weighted by molar-refractivity contribution is 6.32. The van der Waals surface area contributed by atoms with Gasteiger partial charge in [0.15, 0.2) is 0 Å². The molecule has 0 aliphatic carbocycles. The van der Waals surface area contributed by atoms with Gasteiger partial charge in [-0.05, 0) is 30.3 Å². The summed E-state index contributed by atoms with van der Waals surface area (Å²) in [6.07, 6.45) is 0. The molecule has 2 aromatic carbocycles. The van der Waals surface area contributed by atoms with Crippen LogP contribution >= 0.6 is 11.6 Å². The molecule has 2 rings (SSSR count). The number of para-hydroxylation sites is 1. The van der Waals surface area contributed by atoms with Crippen molar-refractivity contribution < 1.29 is 9.90 Å². The third kappa shape index (κ3) is 3.17. The molecule has 2 N–H and O–H groups in total. The number of halogens is 1. The van der Waals surface area contributed by atoms with Crippen LogP contribution in [0.25, 0.3) is 0 Å². The van der Waals surface area contributed by atoms with Gasteiger partial charge in [-0.3, -0.25) is 15.2 Å². The first-order valence-corrected chi connectivity index (χ1v) is 6.04. The Hall–Kier alpha value is -2.20. The maximum Gasteiger partial charge on any atom is 0.269 e. The van der Waals surface area contributed by atoms with Crippen LogP contribution in [0, 0.1) is 0 Å². The van der Waals surface area contributed by atoms with Gasteiger partial charge in [0, 0.05) is 12.6 Å². The maximum atomic E-state index is 12.0. The van der Waals surface area contributed by atoms with E-state index in [2.05, 4.69) is 5.43 Å². The van der Waals surface area contributed by atoms with Gasteiger partial charge in [-0.25, -0.2) is 0 Å². The molecule has 2 aromatic rings. The fourth-order valence-electron chi connectivity index (χ4n) is 1.58. The highest BCUT2D eigenvalue weighted by Gasteiger charge is 2.10. The normalized spacial score (nSPS) is 10.0. The Labute approximate surface area is 116 Å². The zero-order valence-corrected chi connectivity index (χ0v) is 11.1. The quantitative estimate of drug-likeness (QED) is 0.848. The molecule has 0 unspecified atom stereocenters. The lowest BCUT2D eigenvalue weighted by Crippen LogP contribution is -2.39. The van der Waals surface area contributed by atoms with E-state index in [9.17, 15) is 9.90 Å². The van der Waals surface area contributed by atoms with E-state index < -0.39 is 0 Å². The minimum Gasteiger partial charge on any atom is -0.506 e. The second kappa shape index (κ2) is 5.63. The molecule has 0 bridgehead atoms. The van der Waals surface area contributed by atoms with Crippen LogP contribution in [-0.2, 0) is 0 Å². The lowest BCUT2D eigenvalue weighted by molar-refractivity contribution is 0.0951. The van der Waals surface area contributed by atoms with Gasteiger partial charge in [-0.1, -0.05) is 29.8 Å². The molecule has 0 atom stereocenters. The number of hydrogen-bond donors (Lipinski definition) is 2. The zero-order valence-electron chi connectivity index (χ0n) is 10.3. The molecule has 5 heteroatoms. The third-order valence-corrected chi connectivity index (χ3v) is 2.93. The highest BCUT2D eigenvalue weighted by atomic mass is 35.5. The van der Waals surface area contributed by atoms with E-state index in [-0.39, 0.29) is 16.7 Å². The van der Waals surface area contributed by atoms with Crippen LogP contribution in [0.1, 0.15) is 10.4 Å². The van der Waals surface area contributed by atoms with E-state index in [1.165, 1.54) is 18.2 Å². The number of phenols is 1. The smallest absolute Gasteiger partial charge is 0.269 e. The minimum atomic E-state index is -0.298. The Bertz CT molecular complexity index is 587. The predicted octanol–water partition coefficient (Wildman–Crippen LogP) is 2.83. The van der Waals surface area contributed by atoms with Crippen molar-refractivity contribution in [3.63, 3.8) is 0 Å².